The Morgan fingerprint density at radius 1 is 1.14 bits per heavy atom. The highest BCUT2D eigenvalue weighted by Gasteiger charge is 2.59. The SMILES string of the molecule is C[C@]12CC[C@H]3[C@@H](CC=C4CC(=O)CC[C@@]43C)[C@@H]1CC[C@@H]2OC(=O)CCC(=O)O. The molecule has 4 aliphatic rings. The summed E-state index contributed by atoms with van der Waals surface area (Å²) in [5, 5.41) is 8.79. The van der Waals surface area contributed by atoms with Gasteiger partial charge in [-0.1, -0.05) is 25.5 Å². The first-order valence-corrected chi connectivity index (χ1v) is 10.9. The minimum Gasteiger partial charge on any atom is -0.481 e. The Bertz CT molecular complexity index is 725. The summed E-state index contributed by atoms with van der Waals surface area (Å²) in [6.07, 6.45) is 9.57. The van der Waals surface area contributed by atoms with Crippen LogP contribution >= 0.6 is 0 Å². The first-order valence-electron chi connectivity index (χ1n) is 10.9. The van der Waals surface area contributed by atoms with Crippen LogP contribution in [0.2, 0.25) is 0 Å². The number of hydrogen-bond acceptors (Lipinski definition) is 4. The van der Waals surface area contributed by atoms with E-state index in [0.29, 0.717) is 36.4 Å². The van der Waals surface area contributed by atoms with Crippen molar-refractivity contribution in [3.8, 4) is 0 Å². The van der Waals surface area contributed by atoms with Gasteiger partial charge in [0.15, 0.2) is 0 Å². The van der Waals surface area contributed by atoms with E-state index in [9.17, 15) is 14.4 Å². The number of carboxylic acid groups (broad SMARTS) is 1. The fourth-order valence-electron chi connectivity index (χ4n) is 7.05. The second-order valence-electron chi connectivity index (χ2n) is 9.97. The third-order valence-electron chi connectivity index (χ3n) is 8.67. The number of fused-ring (bicyclic) bond motifs is 5. The van der Waals surface area contributed by atoms with Crippen LogP contribution in [0.25, 0.3) is 0 Å². The molecule has 0 saturated heterocycles. The van der Waals surface area contributed by atoms with E-state index >= 15 is 0 Å². The van der Waals surface area contributed by atoms with Gasteiger partial charge in [-0.3, -0.25) is 14.4 Å². The normalized spacial score (nSPS) is 42.1. The second-order valence-corrected chi connectivity index (χ2v) is 9.97. The van der Waals surface area contributed by atoms with E-state index in [0.717, 1.165) is 38.5 Å². The van der Waals surface area contributed by atoms with E-state index < -0.39 is 5.97 Å². The number of allylic oxidation sites excluding steroid dienone is 2. The van der Waals surface area contributed by atoms with Crippen molar-refractivity contribution in [2.24, 2.45) is 28.6 Å². The Morgan fingerprint density at radius 3 is 2.68 bits per heavy atom. The number of hydrogen-bond donors (Lipinski definition) is 1. The summed E-state index contributed by atoms with van der Waals surface area (Å²) in [4.78, 5) is 34.8. The number of carbonyl (C=O) groups is 3. The molecule has 0 aromatic heterocycles. The van der Waals surface area contributed by atoms with E-state index in [4.69, 9.17) is 9.84 Å². The van der Waals surface area contributed by atoms with Gasteiger partial charge in [-0.05, 0) is 61.7 Å². The lowest BCUT2D eigenvalue weighted by Crippen LogP contribution is -2.51. The molecule has 0 aromatic carbocycles. The van der Waals surface area contributed by atoms with Gasteiger partial charge in [0.2, 0.25) is 0 Å². The van der Waals surface area contributed by atoms with Crippen LogP contribution in [0.3, 0.4) is 0 Å². The predicted octanol–water partition coefficient (Wildman–Crippen LogP) is 4.29. The van der Waals surface area contributed by atoms with Crippen molar-refractivity contribution in [3.05, 3.63) is 11.6 Å². The summed E-state index contributed by atoms with van der Waals surface area (Å²) in [5.41, 5.74) is 1.53. The van der Waals surface area contributed by atoms with E-state index in [-0.39, 0.29) is 35.7 Å². The van der Waals surface area contributed by atoms with Gasteiger partial charge in [-0.2, -0.15) is 0 Å². The first kappa shape index (κ1) is 19.7. The topological polar surface area (TPSA) is 80.7 Å². The van der Waals surface area contributed by atoms with Crippen LogP contribution in [0.1, 0.15) is 78.1 Å². The van der Waals surface area contributed by atoms with E-state index in [2.05, 4.69) is 19.9 Å². The van der Waals surface area contributed by atoms with Gasteiger partial charge in [0.05, 0.1) is 12.8 Å². The summed E-state index contributed by atoms with van der Waals surface area (Å²) in [5.74, 6) is 0.813. The Labute approximate surface area is 166 Å². The van der Waals surface area contributed by atoms with Crippen molar-refractivity contribution in [2.45, 2.75) is 84.2 Å². The molecular formula is C23H32O5. The van der Waals surface area contributed by atoms with Crippen molar-refractivity contribution < 1.29 is 24.2 Å². The van der Waals surface area contributed by atoms with Crippen LogP contribution in [0.15, 0.2) is 11.6 Å². The molecule has 0 radical (unpaired) electrons. The van der Waals surface area contributed by atoms with E-state index in [1.54, 1.807) is 0 Å². The zero-order chi connectivity index (χ0) is 20.1. The summed E-state index contributed by atoms with van der Waals surface area (Å²) in [6.45, 7) is 4.66. The fraction of sp³-hybridized carbons (Fsp3) is 0.783. The minimum atomic E-state index is -0.961. The zero-order valence-corrected chi connectivity index (χ0v) is 17.0. The summed E-state index contributed by atoms with van der Waals surface area (Å²) in [6, 6.07) is 0. The number of rotatable bonds is 4. The fourth-order valence-corrected chi connectivity index (χ4v) is 7.05. The lowest BCUT2D eigenvalue weighted by Gasteiger charge is -2.57. The molecule has 0 aromatic rings. The van der Waals surface area contributed by atoms with Gasteiger partial charge in [-0.15, -0.1) is 0 Å². The average Bonchev–Trinajstić information content (AvgIpc) is 2.97. The smallest absolute Gasteiger partial charge is 0.306 e. The summed E-state index contributed by atoms with van der Waals surface area (Å²) in [7, 11) is 0. The van der Waals surface area contributed by atoms with E-state index in [1.165, 1.54) is 5.57 Å². The number of ether oxygens (including phenoxy) is 1. The molecule has 3 saturated carbocycles. The van der Waals surface area contributed by atoms with E-state index in [1.807, 2.05) is 0 Å². The summed E-state index contributed by atoms with van der Waals surface area (Å²) >= 11 is 0. The standard InChI is InChI=1S/C23H32O5/c1-22-11-9-15(24)13-14(22)3-4-16-17-5-6-19(23(17,2)12-10-18(16)22)28-21(27)8-7-20(25)26/h3,16-19H,4-13H2,1-2H3,(H,25,26)/t16-,17-,18-,19-,22-,23-/m0/s1. The van der Waals surface area contributed by atoms with Gasteiger partial charge in [0.25, 0.3) is 0 Å². The average molecular weight is 389 g/mol. The predicted molar refractivity (Wildman–Crippen MR) is 103 cm³/mol. The molecule has 4 rings (SSSR count). The van der Waals surface area contributed by atoms with Gasteiger partial charge in [0, 0.05) is 18.3 Å². The van der Waals surface area contributed by atoms with Crippen molar-refractivity contribution in [1.82, 2.24) is 0 Å². The molecule has 0 bridgehead atoms. The Kier molecular flexibility index (Phi) is 4.91. The Balaban J connectivity index is 1.50. The lowest BCUT2D eigenvalue weighted by molar-refractivity contribution is -0.161. The molecule has 5 heteroatoms. The van der Waals surface area contributed by atoms with Crippen LogP contribution < -0.4 is 0 Å². The zero-order valence-electron chi connectivity index (χ0n) is 17.0. The largest absolute Gasteiger partial charge is 0.481 e. The van der Waals surface area contributed by atoms with Crippen LogP contribution in [-0.4, -0.2) is 28.9 Å². The van der Waals surface area contributed by atoms with Crippen LogP contribution in [0.5, 0.6) is 0 Å². The van der Waals surface area contributed by atoms with Gasteiger partial charge < -0.3 is 9.84 Å². The van der Waals surface area contributed by atoms with Gasteiger partial charge in [0.1, 0.15) is 11.9 Å². The number of carboxylic acids is 1. The Morgan fingerprint density at radius 2 is 1.93 bits per heavy atom. The van der Waals surface area contributed by atoms with Crippen LogP contribution in [-0.2, 0) is 19.1 Å². The molecule has 6 atom stereocenters. The molecular weight excluding hydrogens is 356 g/mol. The van der Waals surface area contributed by atoms with Crippen molar-refractivity contribution in [3.63, 3.8) is 0 Å². The molecule has 0 unspecified atom stereocenters. The van der Waals surface area contributed by atoms with Crippen LogP contribution in [0, 0.1) is 28.6 Å². The molecule has 154 valence electrons. The maximum atomic E-state index is 12.1. The molecule has 0 heterocycles. The summed E-state index contributed by atoms with van der Waals surface area (Å²) < 4.78 is 5.80. The van der Waals surface area contributed by atoms with Crippen LogP contribution in [0.4, 0.5) is 0 Å². The van der Waals surface area contributed by atoms with Gasteiger partial charge >= 0.3 is 11.9 Å². The number of Topliss-reactive ketones (excluding diaryl/α,β-unsaturated/α-hetero) is 1. The minimum absolute atomic E-state index is 0.00770. The monoisotopic (exact) mass is 388 g/mol. The van der Waals surface area contributed by atoms with Crippen molar-refractivity contribution >= 4 is 17.7 Å². The first-order chi connectivity index (χ1) is 13.2. The number of carbonyl (C=O) groups excluding carboxylic acids is 2. The quantitative estimate of drug-likeness (QED) is 0.574. The molecule has 5 nitrogen and oxygen atoms in total. The van der Waals surface area contributed by atoms with Crippen molar-refractivity contribution in [2.75, 3.05) is 0 Å². The highest BCUT2D eigenvalue weighted by molar-refractivity contribution is 5.82. The number of ketones is 1. The maximum Gasteiger partial charge on any atom is 0.306 e. The molecule has 1 N–H and O–H groups in total. The maximum absolute atomic E-state index is 12.1. The highest BCUT2D eigenvalue weighted by atomic mass is 16.5. The van der Waals surface area contributed by atoms with Gasteiger partial charge in [-0.25, -0.2) is 0 Å². The Hall–Kier alpha value is -1.65. The molecule has 0 spiro atoms. The lowest BCUT2D eigenvalue weighted by atomic mass is 9.48. The second kappa shape index (κ2) is 7.00. The highest BCUT2D eigenvalue weighted by Crippen LogP contribution is 2.65. The third kappa shape index (κ3) is 3.11. The third-order valence-corrected chi connectivity index (χ3v) is 8.67. The molecule has 3 fully saturated rings. The molecule has 4 aliphatic carbocycles. The van der Waals surface area contributed by atoms with Crippen molar-refractivity contribution in [1.29, 1.82) is 0 Å². The molecule has 0 amide bonds. The number of aliphatic carboxylic acids is 1. The molecule has 0 aliphatic heterocycles. The number of esters is 1. The molecule has 28 heavy (non-hydrogen) atoms.